The van der Waals surface area contributed by atoms with E-state index in [9.17, 15) is 19.2 Å². The van der Waals surface area contributed by atoms with E-state index in [1.165, 1.54) is 0 Å². The molecular weight excluding hydrogens is 446 g/mol. The van der Waals surface area contributed by atoms with Gasteiger partial charge in [0, 0.05) is 32.5 Å². The molecule has 184 valence electrons. The van der Waals surface area contributed by atoms with E-state index in [0.717, 1.165) is 24.0 Å². The Morgan fingerprint density at radius 2 is 1.66 bits per heavy atom. The van der Waals surface area contributed by atoms with E-state index >= 15 is 0 Å². The molecule has 4 rings (SSSR count). The Balaban J connectivity index is 1.45. The zero-order chi connectivity index (χ0) is 24.6. The second-order valence-electron chi connectivity index (χ2n) is 9.02. The largest absolute Gasteiger partial charge is 0.376 e. The van der Waals surface area contributed by atoms with Crippen LogP contribution >= 0.6 is 0 Å². The van der Waals surface area contributed by atoms with E-state index in [1.54, 1.807) is 4.90 Å². The number of carbonyl (C=O) groups excluding carboxylic acids is 4. The number of carbonyl (C=O) groups is 4. The van der Waals surface area contributed by atoms with Crippen molar-refractivity contribution in [2.45, 2.75) is 56.8 Å². The van der Waals surface area contributed by atoms with Crippen molar-refractivity contribution in [2.24, 2.45) is 0 Å². The fraction of sp³-hybridized carbons (Fsp3) is 0.407. The van der Waals surface area contributed by atoms with E-state index in [-0.39, 0.29) is 31.4 Å². The van der Waals surface area contributed by atoms with E-state index < -0.39 is 29.7 Å². The summed E-state index contributed by atoms with van der Waals surface area (Å²) in [7, 11) is 0. The molecule has 0 radical (unpaired) electrons. The van der Waals surface area contributed by atoms with Crippen LogP contribution in [0.25, 0.3) is 0 Å². The van der Waals surface area contributed by atoms with Crippen LogP contribution in [0.3, 0.4) is 0 Å². The Bertz CT molecular complexity index is 1040. The minimum Gasteiger partial charge on any atom is -0.376 e. The van der Waals surface area contributed by atoms with Crippen molar-refractivity contribution in [1.82, 2.24) is 15.5 Å². The van der Waals surface area contributed by atoms with Crippen molar-refractivity contribution >= 4 is 23.5 Å². The molecule has 0 aromatic heterocycles. The summed E-state index contributed by atoms with van der Waals surface area (Å²) in [4.78, 5) is 53.1. The van der Waals surface area contributed by atoms with Gasteiger partial charge in [-0.1, -0.05) is 60.7 Å². The SMILES string of the molecule is O=C(NCC1CCCO1)C(=O)C(Cc1ccccc1)NC(=O)[C@@H]1CCC(=O)N1Cc1ccccc1. The molecule has 0 aliphatic carbocycles. The van der Waals surface area contributed by atoms with Gasteiger partial charge in [-0.25, -0.2) is 0 Å². The fourth-order valence-corrected chi connectivity index (χ4v) is 4.57. The second-order valence-corrected chi connectivity index (χ2v) is 9.02. The minimum absolute atomic E-state index is 0.0926. The Morgan fingerprint density at radius 3 is 2.31 bits per heavy atom. The van der Waals surface area contributed by atoms with Gasteiger partial charge in [0.15, 0.2) is 0 Å². The van der Waals surface area contributed by atoms with Crippen LogP contribution in [0.1, 0.15) is 36.8 Å². The fourth-order valence-electron chi connectivity index (χ4n) is 4.57. The van der Waals surface area contributed by atoms with Gasteiger partial charge in [-0.2, -0.15) is 0 Å². The molecule has 2 aliphatic rings. The average Bonchev–Trinajstić information content (AvgIpc) is 3.53. The highest BCUT2D eigenvalue weighted by Gasteiger charge is 2.38. The zero-order valence-electron chi connectivity index (χ0n) is 19.7. The number of nitrogens with one attached hydrogen (secondary N) is 2. The molecule has 2 fully saturated rings. The second kappa shape index (κ2) is 11.8. The summed E-state index contributed by atoms with van der Waals surface area (Å²) in [5, 5.41) is 5.43. The molecule has 0 saturated carbocycles. The van der Waals surface area contributed by atoms with Crippen LogP contribution in [0, 0.1) is 0 Å². The molecule has 2 heterocycles. The van der Waals surface area contributed by atoms with E-state index in [0.29, 0.717) is 19.6 Å². The normalized spacial score (nSPS) is 20.5. The van der Waals surface area contributed by atoms with Crippen molar-refractivity contribution in [1.29, 1.82) is 0 Å². The van der Waals surface area contributed by atoms with Gasteiger partial charge in [0.2, 0.25) is 17.6 Å². The molecule has 2 N–H and O–H groups in total. The predicted molar refractivity (Wildman–Crippen MR) is 129 cm³/mol. The highest BCUT2D eigenvalue weighted by atomic mass is 16.5. The number of nitrogens with zero attached hydrogens (tertiary/aromatic N) is 1. The number of rotatable bonds is 10. The van der Waals surface area contributed by atoms with Crippen molar-refractivity contribution in [3.63, 3.8) is 0 Å². The lowest BCUT2D eigenvalue weighted by atomic mass is 10.0. The lowest BCUT2D eigenvalue weighted by molar-refractivity contribution is -0.141. The molecule has 2 aliphatic heterocycles. The summed E-state index contributed by atoms with van der Waals surface area (Å²) in [5.74, 6) is -1.98. The first-order valence-corrected chi connectivity index (χ1v) is 12.1. The van der Waals surface area contributed by atoms with Crippen molar-refractivity contribution < 1.29 is 23.9 Å². The number of amides is 3. The van der Waals surface area contributed by atoms with Crippen molar-refractivity contribution in [3.8, 4) is 0 Å². The predicted octanol–water partition coefficient (Wildman–Crippen LogP) is 1.77. The Morgan fingerprint density at radius 1 is 0.971 bits per heavy atom. The molecule has 2 unspecified atom stereocenters. The summed E-state index contributed by atoms with van der Waals surface area (Å²) >= 11 is 0. The van der Waals surface area contributed by atoms with Gasteiger partial charge in [0.05, 0.1) is 6.10 Å². The molecule has 0 spiro atoms. The number of hydrogen-bond donors (Lipinski definition) is 2. The van der Waals surface area contributed by atoms with Crippen LogP contribution in [-0.4, -0.2) is 59.7 Å². The Labute approximate surface area is 205 Å². The third-order valence-electron chi connectivity index (χ3n) is 6.48. The Kier molecular flexibility index (Phi) is 8.26. The number of ketones is 1. The highest BCUT2D eigenvalue weighted by molar-refractivity contribution is 6.38. The number of Topliss-reactive ketones (excluding diaryl/α,β-unsaturated/α-hetero) is 1. The molecule has 8 heteroatoms. The maximum atomic E-state index is 13.3. The van der Waals surface area contributed by atoms with E-state index in [4.69, 9.17) is 4.74 Å². The van der Waals surface area contributed by atoms with E-state index in [1.807, 2.05) is 60.7 Å². The maximum absolute atomic E-state index is 13.3. The van der Waals surface area contributed by atoms with Crippen LogP contribution in [0.4, 0.5) is 0 Å². The van der Waals surface area contributed by atoms with Crippen LogP contribution in [0.2, 0.25) is 0 Å². The number of likely N-dealkylation sites (tertiary alicyclic amines) is 1. The third-order valence-corrected chi connectivity index (χ3v) is 6.48. The molecule has 2 aromatic carbocycles. The van der Waals surface area contributed by atoms with Crippen LogP contribution in [0.5, 0.6) is 0 Å². The monoisotopic (exact) mass is 477 g/mol. The first kappa shape index (κ1) is 24.6. The standard InChI is InChI=1S/C27H31N3O5/c31-24-14-13-23(30(24)18-20-10-5-2-6-11-20)26(33)29-22(16-19-8-3-1-4-9-19)25(32)27(34)28-17-21-12-7-15-35-21/h1-6,8-11,21-23H,7,12-18H2,(H,28,34)(H,29,33)/t21?,22?,23-/m0/s1. The summed E-state index contributed by atoms with van der Waals surface area (Å²) < 4.78 is 5.51. The summed E-state index contributed by atoms with van der Waals surface area (Å²) in [6.45, 7) is 1.23. The van der Waals surface area contributed by atoms with Gasteiger partial charge in [-0.15, -0.1) is 0 Å². The first-order valence-electron chi connectivity index (χ1n) is 12.1. The first-order chi connectivity index (χ1) is 17.0. The third kappa shape index (κ3) is 6.54. The summed E-state index contributed by atoms with van der Waals surface area (Å²) in [6, 6.07) is 17.0. The summed E-state index contributed by atoms with van der Waals surface area (Å²) in [6.07, 6.45) is 2.49. The minimum atomic E-state index is -1.04. The molecule has 8 nitrogen and oxygen atoms in total. The smallest absolute Gasteiger partial charge is 0.289 e. The van der Waals surface area contributed by atoms with E-state index in [2.05, 4.69) is 10.6 Å². The van der Waals surface area contributed by atoms with Crippen LogP contribution < -0.4 is 10.6 Å². The van der Waals surface area contributed by atoms with Crippen LogP contribution in [0.15, 0.2) is 60.7 Å². The zero-order valence-corrected chi connectivity index (χ0v) is 19.7. The van der Waals surface area contributed by atoms with Crippen molar-refractivity contribution in [2.75, 3.05) is 13.2 Å². The van der Waals surface area contributed by atoms with Gasteiger partial charge < -0.3 is 20.3 Å². The number of ether oxygens (including phenoxy) is 1. The summed E-state index contributed by atoms with van der Waals surface area (Å²) in [5.41, 5.74) is 1.74. The number of benzene rings is 2. The van der Waals surface area contributed by atoms with Crippen molar-refractivity contribution in [3.05, 3.63) is 71.8 Å². The van der Waals surface area contributed by atoms with Crippen LogP contribution in [-0.2, 0) is 36.9 Å². The quantitative estimate of drug-likeness (QED) is 0.508. The highest BCUT2D eigenvalue weighted by Crippen LogP contribution is 2.22. The molecule has 2 saturated heterocycles. The molecule has 2 aromatic rings. The van der Waals surface area contributed by atoms with Gasteiger partial charge >= 0.3 is 0 Å². The van der Waals surface area contributed by atoms with Gasteiger partial charge in [-0.3, -0.25) is 19.2 Å². The molecule has 35 heavy (non-hydrogen) atoms. The number of hydrogen-bond acceptors (Lipinski definition) is 5. The lowest BCUT2D eigenvalue weighted by Gasteiger charge is -2.26. The van der Waals surface area contributed by atoms with Gasteiger partial charge in [0.25, 0.3) is 5.91 Å². The maximum Gasteiger partial charge on any atom is 0.289 e. The van der Waals surface area contributed by atoms with Gasteiger partial charge in [-0.05, 0) is 30.4 Å². The molecular formula is C27H31N3O5. The molecule has 3 amide bonds. The Hall–Kier alpha value is -3.52. The molecule has 0 bridgehead atoms. The molecule has 3 atom stereocenters. The lowest BCUT2D eigenvalue weighted by Crippen LogP contribution is -2.54. The average molecular weight is 478 g/mol. The topological polar surface area (TPSA) is 105 Å². The van der Waals surface area contributed by atoms with Gasteiger partial charge in [0.1, 0.15) is 12.1 Å².